The van der Waals surface area contributed by atoms with Crippen LogP contribution in [0.15, 0.2) is 36.5 Å². The second kappa shape index (κ2) is 6.20. The van der Waals surface area contributed by atoms with Crippen LogP contribution in [-0.4, -0.2) is 16.8 Å². The fourth-order valence-corrected chi connectivity index (χ4v) is 3.17. The number of hydrogen-bond donors (Lipinski definition) is 1. The molecule has 0 aliphatic heterocycles. The average molecular weight is 284 g/mol. The lowest BCUT2D eigenvalue weighted by Crippen LogP contribution is -2.19. The van der Waals surface area contributed by atoms with Gasteiger partial charge in [-0.2, -0.15) is 5.10 Å². The zero-order valence-electron chi connectivity index (χ0n) is 12.7. The molecule has 1 saturated carbocycles. The van der Waals surface area contributed by atoms with Crippen molar-refractivity contribution in [1.82, 2.24) is 9.78 Å². The van der Waals surface area contributed by atoms with E-state index in [-0.39, 0.29) is 0 Å². The molecule has 1 aromatic heterocycles. The first-order chi connectivity index (χ1) is 10.2. The van der Waals surface area contributed by atoms with Crippen molar-refractivity contribution in [3.63, 3.8) is 0 Å². The van der Waals surface area contributed by atoms with Crippen LogP contribution in [0.4, 0.5) is 11.4 Å². The third-order valence-corrected chi connectivity index (χ3v) is 4.36. The number of nitrogens with zero attached hydrogens (tertiary/aromatic N) is 3. The summed E-state index contributed by atoms with van der Waals surface area (Å²) >= 11 is 0. The van der Waals surface area contributed by atoms with E-state index in [4.69, 9.17) is 10.8 Å². The van der Waals surface area contributed by atoms with Crippen molar-refractivity contribution in [2.75, 3.05) is 17.7 Å². The maximum Gasteiger partial charge on any atom is 0.0817 e. The number of nitrogens with two attached hydrogens (primary N) is 1. The molecule has 0 radical (unpaired) electrons. The Balaban J connectivity index is 1.68. The van der Waals surface area contributed by atoms with Gasteiger partial charge in [0, 0.05) is 13.2 Å². The number of rotatable bonds is 4. The lowest BCUT2D eigenvalue weighted by atomic mass is 9.96. The fraction of sp³-hybridized carbons (Fsp3) is 0.471. The first kappa shape index (κ1) is 14.0. The van der Waals surface area contributed by atoms with Crippen molar-refractivity contribution in [3.8, 4) is 0 Å². The van der Waals surface area contributed by atoms with Crippen LogP contribution in [0.25, 0.3) is 0 Å². The smallest absolute Gasteiger partial charge is 0.0817 e. The predicted molar refractivity (Wildman–Crippen MR) is 87.3 cm³/mol. The Morgan fingerprint density at radius 2 is 1.95 bits per heavy atom. The molecule has 1 aliphatic carbocycles. The number of nitrogen functional groups attached to an aromatic ring is 1. The Kier molecular flexibility index (Phi) is 4.13. The van der Waals surface area contributed by atoms with Crippen LogP contribution in [0.3, 0.4) is 0 Å². The molecular formula is C17H24N4. The van der Waals surface area contributed by atoms with Gasteiger partial charge in [0.1, 0.15) is 0 Å². The maximum atomic E-state index is 6.03. The molecule has 2 aromatic rings. The van der Waals surface area contributed by atoms with Crippen molar-refractivity contribution < 1.29 is 0 Å². The largest absolute Gasteiger partial charge is 0.397 e. The lowest BCUT2D eigenvalue weighted by molar-refractivity contribution is 0.328. The van der Waals surface area contributed by atoms with Gasteiger partial charge in [0.15, 0.2) is 0 Å². The van der Waals surface area contributed by atoms with Gasteiger partial charge in [-0.1, -0.05) is 31.4 Å². The second-order valence-electron chi connectivity index (χ2n) is 5.99. The Bertz CT molecular complexity index is 584. The molecule has 112 valence electrons. The molecule has 0 bridgehead atoms. The van der Waals surface area contributed by atoms with Gasteiger partial charge in [0.05, 0.1) is 29.7 Å². The zero-order chi connectivity index (χ0) is 14.7. The van der Waals surface area contributed by atoms with Crippen LogP contribution in [0.1, 0.15) is 43.8 Å². The molecular weight excluding hydrogens is 260 g/mol. The highest BCUT2D eigenvalue weighted by molar-refractivity contribution is 5.66. The summed E-state index contributed by atoms with van der Waals surface area (Å²) in [5, 5.41) is 4.76. The van der Waals surface area contributed by atoms with Crippen molar-refractivity contribution in [2.24, 2.45) is 0 Å². The first-order valence-electron chi connectivity index (χ1n) is 7.84. The summed E-state index contributed by atoms with van der Waals surface area (Å²) in [5.41, 5.74) is 9.00. The highest BCUT2D eigenvalue weighted by Gasteiger charge is 2.16. The Morgan fingerprint density at radius 3 is 2.71 bits per heavy atom. The van der Waals surface area contributed by atoms with Gasteiger partial charge in [-0.3, -0.25) is 4.68 Å². The normalized spacial score (nSPS) is 16.0. The summed E-state index contributed by atoms with van der Waals surface area (Å²) in [6.45, 7) is 0.786. The Hall–Kier alpha value is -1.97. The van der Waals surface area contributed by atoms with Gasteiger partial charge in [-0.25, -0.2) is 0 Å². The number of aromatic nitrogens is 2. The van der Waals surface area contributed by atoms with E-state index in [0.717, 1.165) is 23.6 Å². The molecule has 0 amide bonds. The quantitative estimate of drug-likeness (QED) is 0.872. The molecule has 0 saturated heterocycles. The van der Waals surface area contributed by atoms with Crippen LogP contribution < -0.4 is 10.6 Å². The van der Waals surface area contributed by atoms with Crippen LogP contribution in [0.5, 0.6) is 0 Å². The van der Waals surface area contributed by atoms with Crippen LogP contribution in [0, 0.1) is 0 Å². The minimum atomic E-state index is 0.597. The molecule has 1 aliphatic rings. The third-order valence-electron chi connectivity index (χ3n) is 4.36. The van der Waals surface area contributed by atoms with Gasteiger partial charge < -0.3 is 10.6 Å². The molecule has 21 heavy (non-hydrogen) atoms. The summed E-state index contributed by atoms with van der Waals surface area (Å²) in [7, 11) is 2.06. The molecule has 3 rings (SSSR count). The van der Waals surface area contributed by atoms with E-state index in [9.17, 15) is 0 Å². The maximum absolute atomic E-state index is 6.03. The first-order valence-corrected chi connectivity index (χ1v) is 7.84. The van der Waals surface area contributed by atoms with Crippen molar-refractivity contribution >= 4 is 11.4 Å². The summed E-state index contributed by atoms with van der Waals surface area (Å²) in [4.78, 5) is 2.16. The predicted octanol–water partition coefficient (Wildman–Crippen LogP) is 3.61. The van der Waals surface area contributed by atoms with E-state index in [1.165, 1.54) is 32.1 Å². The standard InChI is InChI=1S/C17H24N4/c1-20(17-10-6-5-9-16(17)18)13-14-11-12-21(19-14)15-7-3-2-4-8-15/h5-6,9-12,15H,2-4,7-8,13,18H2,1H3. The highest BCUT2D eigenvalue weighted by Crippen LogP contribution is 2.28. The van der Waals surface area contributed by atoms with E-state index < -0.39 is 0 Å². The van der Waals surface area contributed by atoms with Crippen LogP contribution in [0.2, 0.25) is 0 Å². The summed E-state index contributed by atoms with van der Waals surface area (Å²) < 4.78 is 2.16. The van der Waals surface area contributed by atoms with Gasteiger partial charge in [-0.15, -0.1) is 0 Å². The van der Waals surface area contributed by atoms with Crippen molar-refractivity contribution in [2.45, 2.75) is 44.7 Å². The van der Waals surface area contributed by atoms with Gasteiger partial charge >= 0.3 is 0 Å². The van der Waals surface area contributed by atoms with E-state index >= 15 is 0 Å². The van der Waals surface area contributed by atoms with Gasteiger partial charge in [0.25, 0.3) is 0 Å². The number of anilines is 2. The topological polar surface area (TPSA) is 47.1 Å². The summed E-state index contributed by atoms with van der Waals surface area (Å²) in [6, 6.07) is 10.7. The van der Waals surface area contributed by atoms with Gasteiger partial charge in [0.2, 0.25) is 0 Å². The zero-order valence-corrected chi connectivity index (χ0v) is 12.7. The van der Waals surface area contributed by atoms with E-state index in [1.54, 1.807) is 0 Å². The minimum Gasteiger partial charge on any atom is -0.397 e. The molecule has 2 N–H and O–H groups in total. The summed E-state index contributed by atoms with van der Waals surface area (Å²) in [5.74, 6) is 0. The Morgan fingerprint density at radius 1 is 1.19 bits per heavy atom. The molecule has 0 atom stereocenters. The number of benzene rings is 1. The molecule has 1 heterocycles. The Labute approximate surface area is 126 Å². The average Bonchev–Trinajstić information content (AvgIpc) is 2.97. The molecule has 4 heteroatoms. The monoisotopic (exact) mass is 284 g/mol. The molecule has 0 unspecified atom stereocenters. The molecule has 4 nitrogen and oxygen atoms in total. The number of hydrogen-bond acceptors (Lipinski definition) is 3. The second-order valence-corrected chi connectivity index (χ2v) is 5.99. The van der Waals surface area contributed by atoms with Crippen LogP contribution in [-0.2, 0) is 6.54 Å². The van der Waals surface area contributed by atoms with Crippen LogP contribution >= 0.6 is 0 Å². The minimum absolute atomic E-state index is 0.597. The molecule has 0 spiro atoms. The van der Waals surface area contributed by atoms with Gasteiger partial charge in [-0.05, 0) is 31.0 Å². The highest BCUT2D eigenvalue weighted by atomic mass is 15.3. The van der Waals surface area contributed by atoms with Crippen molar-refractivity contribution in [3.05, 3.63) is 42.2 Å². The van der Waals surface area contributed by atoms with Crippen molar-refractivity contribution in [1.29, 1.82) is 0 Å². The molecule has 1 aromatic carbocycles. The number of para-hydroxylation sites is 2. The SMILES string of the molecule is CN(Cc1ccn(C2CCCCC2)n1)c1ccccc1N. The third kappa shape index (κ3) is 3.20. The van der Waals surface area contributed by atoms with E-state index in [1.807, 2.05) is 24.3 Å². The lowest BCUT2D eigenvalue weighted by Gasteiger charge is -2.22. The summed E-state index contributed by atoms with van der Waals surface area (Å²) in [6.07, 6.45) is 8.71. The van der Waals surface area contributed by atoms with E-state index in [0.29, 0.717) is 6.04 Å². The van der Waals surface area contributed by atoms with E-state index in [2.05, 4.69) is 28.9 Å². The fourth-order valence-electron chi connectivity index (χ4n) is 3.17. The molecule has 1 fully saturated rings.